The van der Waals surface area contributed by atoms with Crippen molar-refractivity contribution < 1.29 is 8.78 Å². The Kier molecular flexibility index (Phi) is 5.48. The molecule has 0 fully saturated rings. The smallest absolute Gasteiger partial charge is 0.130 e. The van der Waals surface area contributed by atoms with E-state index in [2.05, 4.69) is 34.2 Å². The van der Waals surface area contributed by atoms with Gasteiger partial charge in [-0.15, -0.1) is 0 Å². The first-order valence-corrected chi connectivity index (χ1v) is 7.77. The molecule has 0 saturated carbocycles. The van der Waals surface area contributed by atoms with E-state index < -0.39 is 11.6 Å². The van der Waals surface area contributed by atoms with Crippen LogP contribution in [0.2, 0.25) is 0 Å². The molecule has 0 aliphatic carbocycles. The average molecular weight is 354 g/mol. The SMILES string of the molecule is CCC(NC(C)c1ccc(F)cc1F)c1cccc(Br)c1. The Bertz CT molecular complexity index is 615. The van der Waals surface area contributed by atoms with Crippen LogP contribution in [0.25, 0.3) is 0 Å². The molecule has 2 aromatic rings. The zero-order valence-electron chi connectivity index (χ0n) is 12.0. The highest BCUT2D eigenvalue weighted by Crippen LogP contribution is 2.25. The summed E-state index contributed by atoms with van der Waals surface area (Å²) in [7, 11) is 0. The number of nitrogens with one attached hydrogen (secondary N) is 1. The van der Waals surface area contributed by atoms with Crippen molar-refractivity contribution in [3.8, 4) is 0 Å². The first-order valence-electron chi connectivity index (χ1n) is 6.97. The molecule has 0 saturated heterocycles. The van der Waals surface area contributed by atoms with Crippen LogP contribution >= 0.6 is 15.9 Å². The Morgan fingerprint density at radius 1 is 1.14 bits per heavy atom. The van der Waals surface area contributed by atoms with Crippen molar-refractivity contribution in [2.75, 3.05) is 0 Å². The van der Waals surface area contributed by atoms with Crippen LogP contribution in [0, 0.1) is 11.6 Å². The third kappa shape index (κ3) is 4.11. The summed E-state index contributed by atoms with van der Waals surface area (Å²) >= 11 is 3.46. The van der Waals surface area contributed by atoms with Gasteiger partial charge in [0.1, 0.15) is 11.6 Å². The quantitative estimate of drug-likeness (QED) is 0.745. The standard InChI is InChI=1S/C17H18BrF2N/c1-3-17(12-5-4-6-13(18)9-12)21-11(2)15-8-7-14(19)10-16(15)20/h4-11,17,21H,3H2,1-2H3. The molecule has 2 atom stereocenters. The molecular weight excluding hydrogens is 336 g/mol. The Labute approximate surface area is 132 Å². The van der Waals surface area contributed by atoms with Crippen molar-refractivity contribution in [3.05, 3.63) is 69.7 Å². The van der Waals surface area contributed by atoms with Crippen molar-refractivity contribution >= 4 is 15.9 Å². The maximum absolute atomic E-state index is 13.8. The Morgan fingerprint density at radius 2 is 1.90 bits per heavy atom. The van der Waals surface area contributed by atoms with Gasteiger partial charge in [-0.05, 0) is 37.1 Å². The molecule has 1 nitrogen and oxygen atoms in total. The molecule has 0 aromatic heterocycles. The summed E-state index contributed by atoms with van der Waals surface area (Å²) in [5, 5.41) is 3.40. The summed E-state index contributed by atoms with van der Waals surface area (Å²) in [5.74, 6) is -1.07. The zero-order valence-corrected chi connectivity index (χ0v) is 13.6. The van der Waals surface area contributed by atoms with Crippen LogP contribution in [0.3, 0.4) is 0 Å². The highest BCUT2D eigenvalue weighted by molar-refractivity contribution is 9.10. The molecule has 0 spiro atoms. The fraction of sp³-hybridized carbons (Fsp3) is 0.294. The van der Waals surface area contributed by atoms with Gasteiger partial charge in [-0.2, -0.15) is 0 Å². The van der Waals surface area contributed by atoms with Crippen LogP contribution in [0.15, 0.2) is 46.9 Å². The van der Waals surface area contributed by atoms with Gasteiger partial charge in [-0.1, -0.05) is 41.1 Å². The van der Waals surface area contributed by atoms with Gasteiger partial charge in [0.05, 0.1) is 0 Å². The minimum absolute atomic E-state index is 0.113. The molecule has 0 aliphatic rings. The topological polar surface area (TPSA) is 12.0 Å². The molecule has 0 radical (unpaired) electrons. The number of hydrogen-bond donors (Lipinski definition) is 1. The monoisotopic (exact) mass is 353 g/mol. The summed E-state index contributed by atoms with van der Waals surface area (Å²) in [6.45, 7) is 3.96. The lowest BCUT2D eigenvalue weighted by atomic mass is 10.0. The van der Waals surface area contributed by atoms with E-state index in [4.69, 9.17) is 0 Å². The van der Waals surface area contributed by atoms with E-state index in [1.165, 1.54) is 12.1 Å². The lowest BCUT2D eigenvalue weighted by Crippen LogP contribution is -2.25. The van der Waals surface area contributed by atoms with Crippen LogP contribution in [-0.2, 0) is 0 Å². The van der Waals surface area contributed by atoms with Crippen molar-refractivity contribution in [2.45, 2.75) is 32.4 Å². The summed E-state index contributed by atoms with van der Waals surface area (Å²) in [4.78, 5) is 0. The number of hydrogen-bond acceptors (Lipinski definition) is 1. The van der Waals surface area contributed by atoms with Gasteiger partial charge in [-0.25, -0.2) is 8.78 Å². The lowest BCUT2D eigenvalue weighted by molar-refractivity contribution is 0.441. The van der Waals surface area contributed by atoms with Gasteiger partial charge < -0.3 is 5.32 Å². The molecule has 0 aliphatic heterocycles. The molecule has 0 heterocycles. The molecule has 2 aromatic carbocycles. The molecule has 21 heavy (non-hydrogen) atoms. The Morgan fingerprint density at radius 3 is 2.52 bits per heavy atom. The minimum Gasteiger partial charge on any atom is -0.303 e. The van der Waals surface area contributed by atoms with Crippen LogP contribution in [0.5, 0.6) is 0 Å². The molecular formula is C17H18BrF2N. The molecule has 0 amide bonds. The van der Waals surface area contributed by atoms with Gasteiger partial charge in [-0.3, -0.25) is 0 Å². The predicted octanol–water partition coefficient (Wildman–Crippen LogP) is 5.53. The van der Waals surface area contributed by atoms with E-state index >= 15 is 0 Å². The first-order chi connectivity index (χ1) is 10.0. The van der Waals surface area contributed by atoms with E-state index in [9.17, 15) is 8.78 Å². The van der Waals surface area contributed by atoms with Gasteiger partial charge in [0.2, 0.25) is 0 Å². The van der Waals surface area contributed by atoms with E-state index in [1.54, 1.807) is 0 Å². The van der Waals surface area contributed by atoms with E-state index in [-0.39, 0.29) is 12.1 Å². The highest BCUT2D eigenvalue weighted by atomic mass is 79.9. The summed E-state index contributed by atoms with van der Waals surface area (Å²) in [6, 6.07) is 11.7. The third-order valence-corrected chi connectivity index (χ3v) is 4.03. The maximum Gasteiger partial charge on any atom is 0.130 e. The number of rotatable bonds is 5. The van der Waals surface area contributed by atoms with Crippen molar-refractivity contribution in [1.82, 2.24) is 5.32 Å². The van der Waals surface area contributed by atoms with Crippen molar-refractivity contribution in [2.24, 2.45) is 0 Å². The lowest BCUT2D eigenvalue weighted by Gasteiger charge is -2.23. The molecule has 2 rings (SSSR count). The number of halogens is 3. The van der Waals surface area contributed by atoms with Gasteiger partial charge in [0.25, 0.3) is 0 Å². The molecule has 1 N–H and O–H groups in total. The largest absolute Gasteiger partial charge is 0.303 e. The minimum atomic E-state index is -0.553. The van der Waals surface area contributed by atoms with E-state index in [0.717, 1.165) is 22.5 Å². The summed E-state index contributed by atoms with van der Waals surface area (Å²) in [5.41, 5.74) is 1.62. The second-order valence-corrected chi connectivity index (χ2v) is 5.99. The molecule has 0 bridgehead atoms. The Hall–Kier alpha value is -1.26. The predicted molar refractivity (Wildman–Crippen MR) is 85.1 cm³/mol. The first kappa shape index (κ1) is 16.1. The summed E-state index contributed by atoms with van der Waals surface area (Å²) in [6.07, 6.45) is 0.879. The normalized spacial score (nSPS) is 14.0. The second-order valence-electron chi connectivity index (χ2n) is 5.07. The zero-order chi connectivity index (χ0) is 15.4. The summed E-state index contributed by atoms with van der Waals surface area (Å²) < 4.78 is 27.8. The van der Waals surface area contributed by atoms with Crippen LogP contribution in [-0.4, -0.2) is 0 Å². The van der Waals surface area contributed by atoms with Crippen LogP contribution < -0.4 is 5.32 Å². The molecule has 2 unspecified atom stereocenters. The second kappa shape index (κ2) is 7.14. The molecule has 112 valence electrons. The van der Waals surface area contributed by atoms with Crippen molar-refractivity contribution in [1.29, 1.82) is 0 Å². The average Bonchev–Trinajstić information content (AvgIpc) is 2.44. The van der Waals surface area contributed by atoms with E-state index in [0.29, 0.717) is 5.56 Å². The van der Waals surface area contributed by atoms with Crippen LogP contribution in [0.1, 0.15) is 43.5 Å². The number of benzene rings is 2. The van der Waals surface area contributed by atoms with Gasteiger partial charge >= 0.3 is 0 Å². The van der Waals surface area contributed by atoms with E-state index in [1.807, 2.05) is 25.1 Å². The highest BCUT2D eigenvalue weighted by Gasteiger charge is 2.17. The molecule has 4 heteroatoms. The maximum atomic E-state index is 13.8. The Balaban J connectivity index is 2.18. The fourth-order valence-electron chi connectivity index (χ4n) is 2.42. The fourth-order valence-corrected chi connectivity index (χ4v) is 2.83. The van der Waals surface area contributed by atoms with Crippen LogP contribution in [0.4, 0.5) is 8.78 Å². The third-order valence-electron chi connectivity index (χ3n) is 3.54. The van der Waals surface area contributed by atoms with Gasteiger partial charge in [0.15, 0.2) is 0 Å². The van der Waals surface area contributed by atoms with Crippen molar-refractivity contribution in [3.63, 3.8) is 0 Å². The van der Waals surface area contributed by atoms with Gasteiger partial charge in [0, 0.05) is 28.2 Å².